The van der Waals surface area contributed by atoms with E-state index in [-0.39, 0.29) is 10.8 Å². The third-order valence-electron chi connectivity index (χ3n) is 4.44. The fraction of sp³-hybridized carbons (Fsp3) is 0.174. The van der Waals surface area contributed by atoms with Gasteiger partial charge in [-0.3, -0.25) is 9.52 Å². The van der Waals surface area contributed by atoms with E-state index in [4.69, 9.17) is 11.6 Å². The quantitative estimate of drug-likeness (QED) is 0.422. The van der Waals surface area contributed by atoms with Crippen molar-refractivity contribution in [3.05, 3.63) is 94.5 Å². The number of nitrogens with one attached hydrogen (secondary N) is 2. The number of carbonyl (C=O) groups excluding carboxylic acids is 1. The van der Waals surface area contributed by atoms with E-state index in [1.54, 1.807) is 60.3 Å². The van der Waals surface area contributed by atoms with Crippen LogP contribution in [0, 0.1) is 6.92 Å². The molecular weight excluding hydrogens is 452 g/mol. The van der Waals surface area contributed by atoms with Gasteiger partial charge in [0.1, 0.15) is 0 Å². The summed E-state index contributed by atoms with van der Waals surface area (Å²) in [6, 6.07) is 20.7. The van der Waals surface area contributed by atoms with Crippen LogP contribution >= 0.6 is 23.4 Å². The lowest BCUT2D eigenvalue weighted by atomic mass is 10.2. The molecule has 0 spiro atoms. The largest absolute Gasteiger partial charge is 0.351 e. The minimum atomic E-state index is -3.67. The van der Waals surface area contributed by atoms with Gasteiger partial charge < -0.3 is 5.32 Å². The Bertz CT molecular complexity index is 1110. The van der Waals surface area contributed by atoms with Crippen LogP contribution in [0.5, 0.6) is 0 Å². The summed E-state index contributed by atoms with van der Waals surface area (Å²) in [7, 11) is -3.67. The van der Waals surface area contributed by atoms with Gasteiger partial charge in [0, 0.05) is 34.3 Å². The Hall–Kier alpha value is -2.48. The van der Waals surface area contributed by atoms with Crippen molar-refractivity contribution in [2.45, 2.75) is 17.6 Å². The first-order valence-electron chi connectivity index (χ1n) is 9.63. The lowest BCUT2D eigenvalue weighted by molar-refractivity contribution is 0.0956. The molecule has 31 heavy (non-hydrogen) atoms. The topological polar surface area (TPSA) is 75.3 Å². The van der Waals surface area contributed by atoms with Crippen LogP contribution in [-0.4, -0.2) is 26.6 Å². The third-order valence-corrected chi connectivity index (χ3v) is 7.12. The summed E-state index contributed by atoms with van der Waals surface area (Å²) in [6.45, 7) is 2.44. The molecule has 0 aliphatic carbocycles. The second-order valence-electron chi connectivity index (χ2n) is 6.93. The van der Waals surface area contributed by atoms with E-state index in [9.17, 15) is 13.2 Å². The molecular formula is C23H23ClN2O3S2. The van der Waals surface area contributed by atoms with Gasteiger partial charge in [0.2, 0.25) is 0 Å². The number of thioether (sulfide) groups is 1. The summed E-state index contributed by atoms with van der Waals surface area (Å²) in [5.41, 5.74) is 3.04. The number of hydrogen-bond donors (Lipinski definition) is 2. The van der Waals surface area contributed by atoms with Crippen LogP contribution < -0.4 is 10.0 Å². The van der Waals surface area contributed by atoms with Gasteiger partial charge in [-0.25, -0.2) is 8.42 Å². The maximum Gasteiger partial charge on any atom is 0.261 e. The molecule has 0 aliphatic heterocycles. The second kappa shape index (κ2) is 10.7. The summed E-state index contributed by atoms with van der Waals surface area (Å²) >= 11 is 7.60. The maximum absolute atomic E-state index is 12.5. The average Bonchev–Trinajstić information content (AvgIpc) is 2.75. The van der Waals surface area contributed by atoms with Crippen molar-refractivity contribution in [1.82, 2.24) is 5.32 Å². The van der Waals surface area contributed by atoms with Gasteiger partial charge in [-0.05, 0) is 61.0 Å². The summed E-state index contributed by atoms with van der Waals surface area (Å²) in [6.07, 6.45) is 0. The molecule has 2 N–H and O–H groups in total. The van der Waals surface area contributed by atoms with Crippen LogP contribution in [0.25, 0.3) is 0 Å². The van der Waals surface area contributed by atoms with Gasteiger partial charge in [-0.1, -0.05) is 41.4 Å². The summed E-state index contributed by atoms with van der Waals surface area (Å²) < 4.78 is 27.4. The predicted octanol–water partition coefficient (Wildman–Crippen LogP) is 5.11. The Kier molecular flexibility index (Phi) is 8.01. The Morgan fingerprint density at radius 2 is 1.58 bits per heavy atom. The first-order valence-corrected chi connectivity index (χ1v) is 12.6. The van der Waals surface area contributed by atoms with E-state index >= 15 is 0 Å². The van der Waals surface area contributed by atoms with Crippen molar-refractivity contribution in [3.63, 3.8) is 0 Å². The molecule has 0 radical (unpaired) electrons. The molecule has 0 aliphatic rings. The van der Waals surface area contributed by atoms with Gasteiger partial charge in [0.15, 0.2) is 0 Å². The molecule has 0 saturated heterocycles. The number of carbonyl (C=O) groups is 1. The van der Waals surface area contributed by atoms with E-state index in [1.165, 1.54) is 5.56 Å². The number of amides is 1. The molecule has 0 fully saturated rings. The molecule has 5 nitrogen and oxygen atoms in total. The smallest absolute Gasteiger partial charge is 0.261 e. The third kappa shape index (κ3) is 7.02. The van der Waals surface area contributed by atoms with Crippen molar-refractivity contribution < 1.29 is 13.2 Å². The van der Waals surface area contributed by atoms with Crippen LogP contribution in [0.4, 0.5) is 5.69 Å². The van der Waals surface area contributed by atoms with Crippen LogP contribution in [0.2, 0.25) is 5.02 Å². The maximum atomic E-state index is 12.5. The molecule has 0 unspecified atom stereocenters. The minimum Gasteiger partial charge on any atom is -0.351 e. The zero-order valence-electron chi connectivity index (χ0n) is 17.0. The fourth-order valence-corrected chi connectivity index (χ4v) is 4.73. The van der Waals surface area contributed by atoms with E-state index in [2.05, 4.69) is 10.0 Å². The van der Waals surface area contributed by atoms with Gasteiger partial charge in [0.25, 0.3) is 15.9 Å². The van der Waals surface area contributed by atoms with Gasteiger partial charge in [-0.15, -0.1) is 0 Å². The molecule has 3 aromatic rings. The highest BCUT2D eigenvalue weighted by molar-refractivity contribution is 7.98. The number of anilines is 1. The molecule has 0 atom stereocenters. The Morgan fingerprint density at radius 3 is 2.23 bits per heavy atom. The van der Waals surface area contributed by atoms with Crippen molar-refractivity contribution in [2.24, 2.45) is 0 Å². The van der Waals surface area contributed by atoms with E-state index in [1.807, 2.05) is 31.2 Å². The van der Waals surface area contributed by atoms with Crippen molar-refractivity contribution in [2.75, 3.05) is 17.0 Å². The normalized spacial score (nSPS) is 11.2. The minimum absolute atomic E-state index is 0.191. The second-order valence-corrected chi connectivity index (χ2v) is 10.2. The van der Waals surface area contributed by atoms with Crippen LogP contribution in [0.1, 0.15) is 21.5 Å². The lowest BCUT2D eigenvalue weighted by Gasteiger charge is -2.09. The summed E-state index contributed by atoms with van der Waals surface area (Å²) in [5, 5.41) is 3.59. The SMILES string of the molecule is Cc1ccc(S(=O)(=O)Nc2ccc(C(=O)NCCSCc3ccc(Cl)cc3)cc2)cc1. The fourth-order valence-electron chi connectivity index (χ4n) is 2.73. The molecule has 0 aromatic heterocycles. The van der Waals surface area contributed by atoms with Crippen molar-refractivity contribution >= 4 is 45.0 Å². The standard InChI is InChI=1S/C23H23ClN2O3S2/c1-17-2-12-22(13-3-17)31(28,29)26-21-10-6-19(7-11-21)23(27)25-14-15-30-16-18-4-8-20(24)9-5-18/h2-13,26H,14-16H2,1H3,(H,25,27). The molecule has 162 valence electrons. The molecule has 0 bridgehead atoms. The van der Waals surface area contributed by atoms with E-state index < -0.39 is 10.0 Å². The molecule has 3 aromatic carbocycles. The number of hydrogen-bond acceptors (Lipinski definition) is 4. The molecule has 3 rings (SSSR count). The highest BCUT2D eigenvalue weighted by Gasteiger charge is 2.14. The van der Waals surface area contributed by atoms with Crippen LogP contribution in [0.15, 0.2) is 77.7 Å². The van der Waals surface area contributed by atoms with Gasteiger partial charge in [0.05, 0.1) is 4.90 Å². The number of aryl methyl sites for hydroxylation is 1. The molecule has 8 heteroatoms. The van der Waals surface area contributed by atoms with Gasteiger partial charge >= 0.3 is 0 Å². The molecule has 0 saturated carbocycles. The number of sulfonamides is 1. The predicted molar refractivity (Wildman–Crippen MR) is 128 cm³/mol. The van der Waals surface area contributed by atoms with Crippen LogP contribution in [-0.2, 0) is 15.8 Å². The Morgan fingerprint density at radius 1 is 0.935 bits per heavy atom. The van der Waals surface area contributed by atoms with Crippen LogP contribution in [0.3, 0.4) is 0 Å². The highest BCUT2D eigenvalue weighted by Crippen LogP contribution is 2.18. The molecule has 1 amide bonds. The van der Waals surface area contributed by atoms with Crippen molar-refractivity contribution in [1.29, 1.82) is 0 Å². The number of halogens is 1. The first kappa shape index (κ1) is 23.2. The Balaban J connectivity index is 1.46. The number of rotatable bonds is 9. The monoisotopic (exact) mass is 474 g/mol. The van der Waals surface area contributed by atoms with Gasteiger partial charge in [-0.2, -0.15) is 11.8 Å². The first-order chi connectivity index (χ1) is 14.8. The van der Waals surface area contributed by atoms with Crippen molar-refractivity contribution in [3.8, 4) is 0 Å². The summed E-state index contributed by atoms with van der Waals surface area (Å²) in [4.78, 5) is 12.5. The summed E-state index contributed by atoms with van der Waals surface area (Å²) in [5.74, 6) is 1.44. The van der Waals surface area contributed by atoms with E-state index in [0.29, 0.717) is 17.8 Å². The Labute approximate surface area is 192 Å². The zero-order valence-corrected chi connectivity index (χ0v) is 19.4. The number of benzene rings is 3. The lowest BCUT2D eigenvalue weighted by Crippen LogP contribution is -2.25. The molecule has 0 heterocycles. The average molecular weight is 475 g/mol. The highest BCUT2D eigenvalue weighted by atomic mass is 35.5. The zero-order chi connectivity index (χ0) is 22.3. The van der Waals surface area contributed by atoms with E-state index in [0.717, 1.165) is 22.1 Å².